The molecule has 352 valence electrons. The lowest BCUT2D eigenvalue weighted by Crippen LogP contribution is -2.87. The van der Waals surface area contributed by atoms with Gasteiger partial charge in [0.1, 0.15) is 12.2 Å². The zero-order valence-corrected chi connectivity index (χ0v) is 33.0. The van der Waals surface area contributed by atoms with Gasteiger partial charge in [-0.15, -0.1) is 0 Å². The number of rotatable bonds is 11. The first-order valence-corrected chi connectivity index (χ1v) is 18.2. The van der Waals surface area contributed by atoms with Crippen LogP contribution in [0, 0.1) is 0 Å². The Balaban J connectivity index is 1.90. The molecule has 26 nitrogen and oxygen atoms in total. The van der Waals surface area contributed by atoms with Gasteiger partial charge < -0.3 is 106 Å². The fraction of sp³-hybridized carbons (Fsp3) is 0.146. The van der Waals surface area contributed by atoms with Crippen molar-refractivity contribution in [2.45, 2.75) is 29.2 Å². The Labute approximate surface area is 369 Å². The number of esters is 2. The molecule has 0 aromatic heterocycles. The summed E-state index contributed by atoms with van der Waals surface area (Å²) in [5.41, 5.74) is -16.6. The third kappa shape index (κ3) is 7.24. The van der Waals surface area contributed by atoms with Crippen molar-refractivity contribution in [3.8, 4) is 86.2 Å². The molecule has 67 heavy (non-hydrogen) atoms. The van der Waals surface area contributed by atoms with Crippen LogP contribution in [0.1, 0.15) is 51.8 Å². The summed E-state index contributed by atoms with van der Waals surface area (Å²) in [6.45, 7) is -1.79. The second-order valence-electron chi connectivity index (χ2n) is 14.4. The SMILES string of the molecule is O=C(OC1(C(=O)c2cc(O)c(O)c(O)c2)O[C@H](CO)[C@@H](O)[C@@](O)(C(=O)c2cc(O)c(O)c(O)c2)[C@]1(OC(=O)c1cc(O)c(O)c(O)c1)C(=O)c1cc(O)c(O)c(O)c1)c1cc(O)c(O)c(O)c1. The van der Waals surface area contributed by atoms with Crippen molar-refractivity contribution < 1.29 is 130 Å². The maximum Gasteiger partial charge on any atom is 0.341 e. The number of phenolic OH excluding ortho intramolecular Hbond substituents is 15. The predicted molar refractivity (Wildman–Crippen MR) is 209 cm³/mol. The van der Waals surface area contributed by atoms with Gasteiger partial charge in [0, 0.05) is 16.7 Å². The minimum atomic E-state index is -5.00. The van der Waals surface area contributed by atoms with E-state index in [1.54, 1.807) is 0 Å². The second-order valence-corrected chi connectivity index (χ2v) is 14.4. The largest absolute Gasteiger partial charge is 0.504 e. The van der Waals surface area contributed by atoms with Crippen molar-refractivity contribution in [1.82, 2.24) is 0 Å². The first-order valence-electron chi connectivity index (χ1n) is 18.2. The molecular formula is C41H32O26. The van der Waals surface area contributed by atoms with Gasteiger partial charge in [-0.05, 0) is 60.7 Å². The van der Waals surface area contributed by atoms with E-state index in [0.29, 0.717) is 0 Å². The Morgan fingerprint density at radius 3 is 1.01 bits per heavy atom. The highest BCUT2D eigenvalue weighted by Crippen LogP contribution is 2.55. The highest BCUT2D eigenvalue weighted by atomic mass is 16.8. The quantitative estimate of drug-likeness (QED) is 0.0465. The van der Waals surface area contributed by atoms with Crippen LogP contribution in [0.3, 0.4) is 0 Å². The average Bonchev–Trinajstić information content (AvgIpc) is 3.27. The van der Waals surface area contributed by atoms with E-state index in [1.807, 2.05) is 0 Å². The van der Waals surface area contributed by atoms with E-state index in [0.717, 1.165) is 0 Å². The highest BCUT2D eigenvalue weighted by Gasteiger charge is 2.85. The Morgan fingerprint density at radius 2 is 0.701 bits per heavy atom. The van der Waals surface area contributed by atoms with Crippen LogP contribution in [0.15, 0.2) is 60.7 Å². The Kier molecular flexibility index (Phi) is 11.6. The first-order chi connectivity index (χ1) is 31.2. The van der Waals surface area contributed by atoms with Crippen molar-refractivity contribution >= 4 is 29.3 Å². The second kappa shape index (κ2) is 16.5. The molecule has 1 saturated heterocycles. The van der Waals surface area contributed by atoms with Gasteiger partial charge in [0.15, 0.2) is 86.2 Å². The third-order valence-electron chi connectivity index (χ3n) is 10.3. The zero-order chi connectivity index (χ0) is 50.0. The number of carbonyl (C=O) groups excluding carboxylic acids is 5. The lowest BCUT2D eigenvalue weighted by molar-refractivity contribution is -0.358. The van der Waals surface area contributed by atoms with Crippen molar-refractivity contribution in [2.75, 3.05) is 6.61 Å². The van der Waals surface area contributed by atoms with Crippen LogP contribution in [-0.2, 0) is 14.2 Å². The number of ether oxygens (including phenoxy) is 3. The van der Waals surface area contributed by atoms with E-state index in [1.165, 1.54) is 0 Å². The van der Waals surface area contributed by atoms with Crippen molar-refractivity contribution in [3.63, 3.8) is 0 Å². The highest BCUT2D eigenvalue weighted by molar-refractivity contribution is 6.20. The first kappa shape index (κ1) is 47.4. The number of aliphatic hydroxyl groups is 3. The topological polar surface area (TPSA) is 477 Å². The summed E-state index contributed by atoms with van der Waals surface area (Å²) in [6, 6.07) is 2.11. The Hall–Kier alpha value is -9.11. The molecule has 0 bridgehead atoms. The Bertz CT molecular complexity index is 2830. The molecule has 1 unspecified atom stereocenters. The molecule has 5 aromatic carbocycles. The van der Waals surface area contributed by atoms with Crippen LogP contribution in [-0.4, -0.2) is 157 Å². The molecule has 0 radical (unpaired) electrons. The molecule has 1 fully saturated rings. The van der Waals surface area contributed by atoms with Crippen molar-refractivity contribution in [3.05, 3.63) is 88.5 Å². The molecule has 0 spiro atoms. The molecule has 0 saturated carbocycles. The number of aliphatic hydroxyl groups excluding tert-OH is 2. The van der Waals surface area contributed by atoms with Crippen molar-refractivity contribution in [1.29, 1.82) is 0 Å². The molecule has 5 atom stereocenters. The number of carbonyl (C=O) groups is 5. The van der Waals surface area contributed by atoms with E-state index in [2.05, 4.69) is 0 Å². The molecule has 1 aliphatic heterocycles. The molecule has 0 aliphatic carbocycles. The van der Waals surface area contributed by atoms with E-state index in [9.17, 15) is 102 Å². The van der Waals surface area contributed by atoms with Crippen LogP contribution < -0.4 is 0 Å². The van der Waals surface area contributed by atoms with Crippen LogP contribution >= 0.6 is 0 Å². The lowest BCUT2D eigenvalue weighted by atomic mass is 9.61. The number of phenols is 15. The number of ketones is 3. The normalized spacial score (nSPS) is 21.2. The van der Waals surface area contributed by atoms with Crippen LogP contribution in [0.5, 0.6) is 86.2 Å². The van der Waals surface area contributed by atoms with Gasteiger partial charge in [-0.2, -0.15) is 0 Å². The lowest BCUT2D eigenvalue weighted by Gasteiger charge is -2.58. The third-order valence-corrected chi connectivity index (χ3v) is 10.3. The maximum absolute atomic E-state index is 15.8. The summed E-state index contributed by atoms with van der Waals surface area (Å²) in [6.07, 6.45) is -6.31. The number of aromatic hydroxyl groups is 15. The molecule has 1 aliphatic rings. The van der Waals surface area contributed by atoms with Gasteiger partial charge in [-0.3, -0.25) is 14.4 Å². The summed E-state index contributed by atoms with van der Waals surface area (Å²) in [5.74, 6) is -37.7. The van der Waals surface area contributed by atoms with Gasteiger partial charge >= 0.3 is 17.7 Å². The minimum Gasteiger partial charge on any atom is -0.504 e. The van der Waals surface area contributed by atoms with Crippen LogP contribution in [0.25, 0.3) is 0 Å². The van der Waals surface area contributed by atoms with Gasteiger partial charge in [-0.1, -0.05) is 0 Å². The smallest absolute Gasteiger partial charge is 0.341 e. The summed E-state index contributed by atoms with van der Waals surface area (Å²) in [7, 11) is 0. The fourth-order valence-corrected chi connectivity index (χ4v) is 7.04. The summed E-state index contributed by atoms with van der Waals surface area (Å²) >= 11 is 0. The molecule has 5 aromatic rings. The molecule has 6 rings (SSSR count). The van der Waals surface area contributed by atoms with E-state index >= 15 is 14.4 Å². The summed E-state index contributed by atoms with van der Waals surface area (Å²) in [5, 5.41) is 191. The van der Waals surface area contributed by atoms with Gasteiger partial charge in [0.2, 0.25) is 23.0 Å². The number of Topliss-reactive ketones (excluding diaryl/α,β-unsaturated/α-hetero) is 3. The molecular weight excluding hydrogens is 908 g/mol. The standard InChI is InChI=1S/C41H32O26/c42-11-27-36(61)39(64,33(58)12-1-17(43)28(53)18(44)2-12)40(34(59)13-3-19(45)29(54)20(46)4-13,66-37(62)15-7-23(49)31(56)24(50)8-15)41(65-27,35(60)14-5-21(47)30(55)22(48)6-14)67-38(63)16-9-25(51)32(57)26(52)10-16/h1-10,27,36,42-57,61,64H,11H2/t27-,36-,39+,40-,41?/m1/s1. The Morgan fingerprint density at radius 1 is 0.433 bits per heavy atom. The molecule has 26 heteroatoms. The van der Waals surface area contributed by atoms with Gasteiger partial charge in [0.25, 0.3) is 5.60 Å². The van der Waals surface area contributed by atoms with Crippen molar-refractivity contribution in [2.24, 2.45) is 0 Å². The van der Waals surface area contributed by atoms with Crippen LogP contribution in [0.2, 0.25) is 0 Å². The summed E-state index contributed by atoms with van der Waals surface area (Å²) in [4.78, 5) is 75.5. The van der Waals surface area contributed by atoms with Gasteiger partial charge in [0.05, 0.1) is 17.7 Å². The minimum absolute atomic E-state index is 0.143. The number of benzene rings is 5. The van der Waals surface area contributed by atoms with Crippen LogP contribution in [0.4, 0.5) is 0 Å². The summed E-state index contributed by atoms with van der Waals surface area (Å²) < 4.78 is 16.7. The number of hydrogen-bond donors (Lipinski definition) is 18. The molecule has 18 N–H and O–H groups in total. The predicted octanol–water partition coefficient (Wildman–Crippen LogP) is -0.149. The maximum atomic E-state index is 15.8. The van der Waals surface area contributed by atoms with Gasteiger partial charge in [-0.25, -0.2) is 9.59 Å². The zero-order valence-electron chi connectivity index (χ0n) is 33.0. The van der Waals surface area contributed by atoms with E-state index in [4.69, 9.17) is 14.2 Å². The fourth-order valence-electron chi connectivity index (χ4n) is 7.04. The number of hydrogen-bond acceptors (Lipinski definition) is 26. The average molecular weight is 941 g/mol. The molecule has 0 amide bonds. The van der Waals surface area contributed by atoms with E-state index in [-0.39, 0.29) is 60.7 Å². The monoisotopic (exact) mass is 940 g/mol. The van der Waals surface area contributed by atoms with E-state index < -0.39 is 179 Å². The molecule has 1 heterocycles.